The summed E-state index contributed by atoms with van der Waals surface area (Å²) in [6.45, 7) is 6.11. The highest BCUT2D eigenvalue weighted by Crippen LogP contribution is 2.32. The second kappa shape index (κ2) is 6.83. The molecule has 0 atom stereocenters. The highest BCUT2D eigenvalue weighted by molar-refractivity contribution is 6.06. The van der Waals surface area contributed by atoms with Crippen LogP contribution in [0.25, 0.3) is 11.0 Å². The number of aromatic nitrogens is 4. The second-order valence-corrected chi connectivity index (χ2v) is 7.70. The summed E-state index contributed by atoms with van der Waals surface area (Å²) in [6.07, 6.45) is 7.99. The summed E-state index contributed by atoms with van der Waals surface area (Å²) in [7, 11) is 1.88. The number of rotatable bonds is 3. The number of fused-ring (bicyclic) bond motifs is 1. The van der Waals surface area contributed by atoms with Gasteiger partial charge in [-0.15, -0.1) is 0 Å². The van der Waals surface area contributed by atoms with Crippen molar-refractivity contribution in [1.82, 2.24) is 19.3 Å². The lowest BCUT2D eigenvalue weighted by Gasteiger charge is -2.26. The van der Waals surface area contributed by atoms with Crippen molar-refractivity contribution in [2.75, 3.05) is 5.32 Å². The highest BCUT2D eigenvalue weighted by Gasteiger charge is 2.22. The Kier molecular flexibility index (Phi) is 4.50. The summed E-state index contributed by atoms with van der Waals surface area (Å²) >= 11 is 0. The predicted octanol–water partition coefficient (Wildman–Crippen LogP) is 4.45. The van der Waals surface area contributed by atoms with Crippen LogP contribution in [0, 0.1) is 20.8 Å². The van der Waals surface area contributed by atoms with E-state index in [0.29, 0.717) is 11.7 Å². The van der Waals surface area contributed by atoms with Gasteiger partial charge in [0, 0.05) is 29.9 Å². The first-order chi connectivity index (χ1) is 13.0. The van der Waals surface area contributed by atoms with Crippen LogP contribution < -0.4 is 5.32 Å². The Morgan fingerprint density at radius 1 is 1.15 bits per heavy atom. The quantitative estimate of drug-likeness (QED) is 0.745. The minimum Gasteiger partial charge on any atom is -0.345 e. The molecule has 3 heterocycles. The van der Waals surface area contributed by atoms with Crippen LogP contribution in [0.1, 0.15) is 65.6 Å². The van der Waals surface area contributed by atoms with E-state index in [1.54, 1.807) is 10.9 Å². The molecule has 1 aliphatic rings. The van der Waals surface area contributed by atoms with Gasteiger partial charge in [0.15, 0.2) is 5.65 Å². The summed E-state index contributed by atoms with van der Waals surface area (Å²) < 4.78 is 4.12. The lowest BCUT2D eigenvalue weighted by molar-refractivity contribution is 0.102. The normalized spacial score (nSPS) is 15.4. The van der Waals surface area contributed by atoms with Crippen LogP contribution in [0.15, 0.2) is 18.3 Å². The molecule has 1 fully saturated rings. The van der Waals surface area contributed by atoms with Crippen molar-refractivity contribution in [3.05, 3.63) is 41.0 Å². The molecule has 1 saturated carbocycles. The zero-order valence-electron chi connectivity index (χ0n) is 16.5. The van der Waals surface area contributed by atoms with E-state index in [2.05, 4.69) is 33.8 Å². The van der Waals surface area contributed by atoms with Crippen molar-refractivity contribution < 1.29 is 4.79 Å². The molecule has 0 bridgehead atoms. The molecule has 1 aliphatic carbocycles. The maximum absolute atomic E-state index is 12.9. The van der Waals surface area contributed by atoms with Gasteiger partial charge < -0.3 is 9.88 Å². The lowest BCUT2D eigenvalue weighted by Crippen LogP contribution is -2.17. The number of nitrogens with one attached hydrogen (secondary N) is 1. The van der Waals surface area contributed by atoms with Gasteiger partial charge in [0.05, 0.1) is 23.1 Å². The van der Waals surface area contributed by atoms with Crippen molar-refractivity contribution in [3.8, 4) is 0 Å². The molecule has 142 valence electrons. The maximum atomic E-state index is 12.9. The lowest BCUT2D eigenvalue weighted by atomic mass is 9.95. The number of nitrogens with zero attached hydrogens (tertiary/aromatic N) is 4. The van der Waals surface area contributed by atoms with Crippen LogP contribution in [-0.2, 0) is 7.05 Å². The first kappa shape index (κ1) is 17.8. The van der Waals surface area contributed by atoms with Gasteiger partial charge in [-0.2, -0.15) is 5.10 Å². The summed E-state index contributed by atoms with van der Waals surface area (Å²) in [4.78, 5) is 17.4. The van der Waals surface area contributed by atoms with E-state index < -0.39 is 0 Å². The number of hydrogen-bond acceptors (Lipinski definition) is 3. The molecule has 1 N–H and O–H groups in total. The van der Waals surface area contributed by atoms with Gasteiger partial charge in [-0.3, -0.25) is 9.48 Å². The number of hydrogen-bond donors (Lipinski definition) is 1. The van der Waals surface area contributed by atoms with Gasteiger partial charge in [-0.25, -0.2) is 4.98 Å². The van der Waals surface area contributed by atoms with Gasteiger partial charge in [-0.05, 0) is 45.7 Å². The van der Waals surface area contributed by atoms with Gasteiger partial charge >= 0.3 is 0 Å². The Bertz CT molecular complexity index is 1010. The molecule has 0 aliphatic heterocycles. The average Bonchev–Trinajstić information content (AvgIpc) is 3.11. The SMILES string of the molecule is Cc1nn(C)c2ncc(NC(=O)c3cc(C)n(C4CCCCC4)c3C)cc12. The largest absolute Gasteiger partial charge is 0.345 e. The standard InChI is InChI=1S/C21H27N5O/c1-13-10-19(15(3)26(13)17-8-6-5-7-9-17)21(27)23-16-11-18-14(2)24-25(4)20(18)22-12-16/h10-12,17H,5-9H2,1-4H3,(H,23,27). The fraction of sp³-hybridized carbons (Fsp3) is 0.476. The molecule has 4 rings (SSSR count). The molecule has 6 heteroatoms. The zero-order valence-corrected chi connectivity index (χ0v) is 16.5. The van der Waals surface area contributed by atoms with Crippen LogP contribution in [0.4, 0.5) is 5.69 Å². The van der Waals surface area contributed by atoms with Gasteiger partial charge in [0.2, 0.25) is 0 Å². The van der Waals surface area contributed by atoms with Gasteiger partial charge in [0.1, 0.15) is 0 Å². The van der Waals surface area contributed by atoms with Crippen LogP contribution in [0.3, 0.4) is 0 Å². The van der Waals surface area contributed by atoms with E-state index in [-0.39, 0.29) is 5.91 Å². The van der Waals surface area contributed by atoms with Crippen LogP contribution >= 0.6 is 0 Å². The van der Waals surface area contributed by atoms with E-state index in [4.69, 9.17) is 0 Å². The molecule has 0 saturated heterocycles. The van der Waals surface area contributed by atoms with Crippen LogP contribution in [0.5, 0.6) is 0 Å². The first-order valence-corrected chi connectivity index (χ1v) is 9.75. The topological polar surface area (TPSA) is 64.7 Å². The number of carbonyl (C=O) groups excluding carboxylic acids is 1. The molecule has 3 aromatic rings. The third kappa shape index (κ3) is 3.13. The molecule has 3 aromatic heterocycles. The minimum absolute atomic E-state index is 0.0761. The Balaban J connectivity index is 1.61. The summed E-state index contributed by atoms with van der Waals surface area (Å²) in [5, 5.41) is 8.37. The van der Waals surface area contributed by atoms with Gasteiger partial charge in [-0.1, -0.05) is 19.3 Å². The third-order valence-electron chi connectivity index (χ3n) is 5.79. The molecule has 27 heavy (non-hydrogen) atoms. The van der Waals surface area contributed by atoms with Crippen molar-refractivity contribution in [2.45, 2.75) is 58.9 Å². The Morgan fingerprint density at radius 3 is 2.63 bits per heavy atom. The number of anilines is 1. The van der Waals surface area contributed by atoms with Crippen molar-refractivity contribution >= 4 is 22.6 Å². The third-order valence-corrected chi connectivity index (χ3v) is 5.79. The number of carbonyl (C=O) groups is 1. The zero-order chi connectivity index (χ0) is 19.1. The number of aryl methyl sites for hydroxylation is 3. The van der Waals surface area contributed by atoms with Crippen LogP contribution in [-0.4, -0.2) is 25.2 Å². The van der Waals surface area contributed by atoms with Gasteiger partial charge in [0.25, 0.3) is 5.91 Å². The average molecular weight is 365 g/mol. The first-order valence-electron chi connectivity index (χ1n) is 9.75. The molecular weight excluding hydrogens is 338 g/mol. The Hall–Kier alpha value is -2.63. The Labute approximate surface area is 159 Å². The van der Waals surface area contributed by atoms with E-state index >= 15 is 0 Å². The van der Waals surface area contributed by atoms with E-state index in [9.17, 15) is 4.79 Å². The molecular formula is C21H27N5O. The smallest absolute Gasteiger partial charge is 0.257 e. The van der Waals surface area contributed by atoms with E-state index in [0.717, 1.165) is 28.0 Å². The predicted molar refractivity (Wildman–Crippen MR) is 107 cm³/mol. The molecule has 1 amide bonds. The van der Waals surface area contributed by atoms with E-state index in [1.165, 1.54) is 37.8 Å². The summed E-state index contributed by atoms with van der Waals surface area (Å²) in [5.74, 6) is -0.0761. The van der Waals surface area contributed by atoms with Crippen molar-refractivity contribution in [1.29, 1.82) is 0 Å². The molecule has 6 nitrogen and oxygen atoms in total. The summed E-state index contributed by atoms with van der Waals surface area (Å²) in [6, 6.07) is 4.49. The van der Waals surface area contributed by atoms with E-state index in [1.807, 2.05) is 26.1 Å². The van der Waals surface area contributed by atoms with Crippen molar-refractivity contribution in [2.24, 2.45) is 7.05 Å². The highest BCUT2D eigenvalue weighted by atomic mass is 16.1. The molecule has 0 aromatic carbocycles. The fourth-order valence-electron chi connectivity index (χ4n) is 4.48. The second-order valence-electron chi connectivity index (χ2n) is 7.70. The van der Waals surface area contributed by atoms with Crippen molar-refractivity contribution in [3.63, 3.8) is 0 Å². The van der Waals surface area contributed by atoms with Crippen LogP contribution in [0.2, 0.25) is 0 Å². The molecule has 0 unspecified atom stereocenters. The fourth-order valence-corrected chi connectivity index (χ4v) is 4.48. The minimum atomic E-state index is -0.0761. The molecule has 0 spiro atoms. The Morgan fingerprint density at radius 2 is 1.89 bits per heavy atom. The number of amides is 1. The monoisotopic (exact) mass is 365 g/mol. The number of pyridine rings is 1. The summed E-state index contributed by atoms with van der Waals surface area (Å²) in [5.41, 5.74) is 5.41. The maximum Gasteiger partial charge on any atom is 0.257 e. The molecule has 0 radical (unpaired) electrons.